The zero-order chi connectivity index (χ0) is 18.5. The van der Waals surface area contributed by atoms with Gasteiger partial charge in [-0.2, -0.15) is 15.3 Å². The largest absolute Gasteiger partial charge is 0.299 e. The molecule has 3 aromatic rings. The van der Waals surface area contributed by atoms with E-state index in [9.17, 15) is 4.79 Å². The summed E-state index contributed by atoms with van der Waals surface area (Å²) in [6.07, 6.45) is 9.15. The van der Waals surface area contributed by atoms with Gasteiger partial charge in [0.15, 0.2) is 0 Å². The van der Waals surface area contributed by atoms with Crippen molar-refractivity contribution in [1.29, 1.82) is 0 Å². The highest BCUT2D eigenvalue weighted by molar-refractivity contribution is 5.56. The highest BCUT2D eigenvalue weighted by Crippen LogP contribution is 2.20. The minimum Gasteiger partial charge on any atom is -0.299 e. The fourth-order valence-electron chi connectivity index (χ4n) is 3.50. The quantitative estimate of drug-likeness (QED) is 0.691. The molecule has 0 atom stereocenters. The summed E-state index contributed by atoms with van der Waals surface area (Å²) < 4.78 is 1.61. The monoisotopic (exact) mass is 362 g/mol. The molecule has 1 aliphatic rings. The number of aromatic nitrogens is 5. The zero-order valence-corrected chi connectivity index (χ0v) is 15.1. The van der Waals surface area contributed by atoms with E-state index in [0.717, 1.165) is 43.7 Å². The summed E-state index contributed by atoms with van der Waals surface area (Å²) in [6.45, 7) is 3.61. The number of pyridine rings is 1. The molecule has 7 heteroatoms. The van der Waals surface area contributed by atoms with Crippen LogP contribution in [-0.2, 0) is 13.1 Å². The first-order chi connectivity index (χ1) is 13.3. The van der Waals surface area contributed by atoms with Gasteiger partial charge in [-0.15, -0.1) is 0 Å². The van der Waals surface area contributed by atoms with Crippen LogP contribution in [0.3, 0.4) is 0 Å². The normalized spacial score (nSPS) is 15.7. The van der Waals surface area contributed by atoms with Crippen molar-refractivity contribution < 1.29 is 0 Å². The molecule has 0 bridgehead atoms. The van der Waals surface area contributed by atoms with Crippen molar-refractivity contribution in [1.82, 2.24) is 29.9 Å². The summed E-state index contributed by atoms with van der Waals surface area (Å²) in [5.41, 5.74) is 2.92. The lowest BCUT2D eigenvalue weighted by Gasteiger charge is -2.31. The Morgan fingerprint density at radius 3 is 2.52 bits per heavy atom. The van der Waals surface area contributed by atoms with E-state index in [0.29, 0.717) is 12.5 Å². The second-order valence-corrected chi connectivity index (χ2v) is 6.95. The standard InChI is InChI=1S/C20H22N6O/c27-20-2-1-19(18-4-8-21-9-5-18)24-26(20)15-16-6-11-25(12-7-16)14-17-3-10-22-23-13-17/h1-5,8-10,13,16H,6-7,11-12,14-15H2. The third-order valence-electron chi connectivity index (χ3n) is 5.03. The molecule has 0 unspecified atom stereocenters. The molecule has 0 aromatic carbocycles. The molecule has 0 spiro atoms. The summed E-state index contributed by atoms with van der Waals surface area (Å²) in [5, 5.41) is 12.3. The van der Waals surface area contributed by atoms with Crippen LogP contribution >= 0.6 is 0 Å². The molecule has 0 radical (unpaired) electrons. The predicted molar refractivity (Wildman–Crippen MR) is 102 cm³/mol. The lowest BCUT2D eigenvalue weighted by atomic mass is 9.96. The van der Waals surface area contributed by atoms with Crippen molar-refractivity contribution in [3.05, 3.63) is 71.0 Å². The van der Waals surface area contributed by atoms with Gasteiger partial charge in [0.25, 0.3) is 5.56 Å². The molecule has 3 aromatic heterocycles. The number of hydrogen-bond donors (Lipinski definition) is 0. The third-order valence-corrected chi connectivity index (χ3v) is 5.03. The molecule has 138 valence electrons. The van der Waals surface area contributed by atoms with Crippen LogP contribution < -0.4 is 5.56 Å². The average molecular weight is 362 g/mol. The second kappa shape index (κ2) is 8.18. The smallest absolute Gasteiger partial charge is 0.266 e. The molecule has 4 heterocycles. The van der Waals surface area contributed by atoms with Gasteiger partial charge in [-0.05, 0) is 61.7 Å². The Kier molecular flexibility index (Phi) is 5.29. The lowest BCUT2D eigenvalue weighted by Crippen LogP contribution is -2.36. The van der Waals surface area contributed by atoms with Gasteiger partial charge in [0.05, 0.1) is 11.9 Å². The van der Waals surface area contributed by atoms with Crippen LogP contribution in [0.25, 0.3) is 11.3 Å². The van der Waals surface area contributed by atoms with E-state index >= 15 is 0 Å². The van der Waals surface area contributed by atoms with Crippen molar-refractivity contribution in [3.8, 4) is 11.3 Å². The van der Waals surface area contributed by atoms with Crippen LogP contribution in [0.2, 0.25) is 0 Å². The second-order valence-electron chi connectivity index (χ2n) is 6.95. The molecule has 1 aliphatic heterocycles. The van der Waals surface area contributed by atoms with Crippen LogP contribution in [0.15, 0.2) is 59.9 Å². The molecule has 0 amide bonds. The number of rotatable bonds is 5. The highest BCUT2D eigenvalue weighted by atomic mass is 16.1. The van der Waals surface area contributed by atoms with Crippen LogP contribution in [0.4, 0.5) is 0 Å². The Labute approximate surface area is 157 Å². The number of nitrogens with zero attached hydrogens (tertiary/aromatic N) is 6. The van der Waals surface area contributed by atoms with Crippen molar-refractivity contribution in [3.63, 3.8) is 0 Å². The summed E-state index contributed by atoms with van der Waals surface area (Å²) in [5.74, 6) is 0.467. The number of piperidine rings is 1. The van der Waals surface area contributed by atoms with Gasteiger partial charge in [0.2, 0.25) is 0 Å². The minimum absolute atomic E-state index is 0.0434. The molecule has 0 aliphatic carbocycles. The molecule has 27 heavy (non-hydrogen) atoms. The van der Waals surface area contributed by atoms with Gasteiger partial charge < -0.3 is 0 Å². The first-order valence-electron chi connectivity index (χ1n) is 9.24. The summed E-state index contributed by atoms with van der Waals surface area (Å²) >= 11 is 0. The predicted octanol–water partition coefficient (Wildman–Crippen LogP) is 2.01. The SMILES string of the molecule is O=c1ccc(-c2ccncc2)nn1CC1CCN(Cc2ccnnc2)CC1. The van der Waals surface area contributed by atoms with Crippen molar-refractivity contribution in [2.75, 3.05) is 13.1 Å². The topological polar surface area (TPSA) is 76.8 Å². The fraction of sp³-hybridized carbons (Fsp3) is 0.350. The van der Waals surface area contributed by atoms with Gasteiger partial charge in [-0.25, -0.2) is 4.68 Å². The Morgan fingerprint density at radius 2 is 1.78 bits per heavy atom. The number of hydrogen-bond acceptors (Lipinski definition) is 6. The Bertz CT molecular complexity index is 920. The zero-order valence-electron chi connectivity index (χ0n) is 15.1. The van der Waals surface area contributed by atoms with E-state index in [1.54, 1.807) is 35.4 Å². The lowest BCUT2D eigenvalue weighted by molar-refractivity contribution is 0.163. The van der Waals surface area contributed by atoms with E-state index in [2.05, 4.69) is 25.2 Å². The molecule has 7 nitrogen and oxygen atoms in total. The van der Waals surface area contributed by atoms with Crippen LogP contribution in [0.5, 0.6) is 0 Å². The molecule has 1 saturated heterocycles. The van der Waals surface area contributed by atoms with E-state index in [4.69, 9.17) is 0 Å². The van der Waals surface area contributed by atoms with Gasteiger partial charge in [-0.1, -0.05) is 0 Å². The average Bonchev–Trinajstić information content (AvgIpc) is 2.72. The van der Waals surface area contributed by atoms with Crippen LogP contribution in [0.1, 0.15) is 18.4 Å². The molecular formula is C20H22N6O. The minimum atomic E-state index is -0.0434. The molecule has 0 N–H and O–H groups in total. The molecule has 0 saturated carbocycles. The summed E-state index contributed by atoms with van der Waals surface area (Å²) in [4.78, 5) is 18.7. The van der Waals surface area contributed by atoms with Gasteiger partial charge in [0, 0.05) is 43.3 Å². The van der Waals surface area contributed by atoms with Gasteiger partial charge in [0.1, 0.15) is 0 Å². The van der Waals surface area contributed by atoms with E-state index in [-0.39, 0.29) is 5.56 Å². The Balaban J connectivity index is 1.38. The van der Waals surface area contributed by atoms with E-state index < -0.39 is 0 Å². The molecule has 1 fully saturated rings. The maximum atomic E-state index is 12.2. The summed E-state index contributed by atoms with van der Waals surface area (Å²) in [7, 11) is 0. The van der Waals surface area contributed by atoms with Crippen molar-refractivity contribution in [2.24, 2.45) is 5.92 Å². The van der Waals surface area contributed by atoms with Crippen LogP contribution in [-0.4, -0.2) is 43.0 Å². The molecular weight excluding hydrogens is 340 g/mol. The Hall–Kier alpha value is -2.93. The summed E-state index contributed by atoms with van der Waals surface area (Å²) in [6, 6.07) is 9.20. The maximum Gasteiger partial charge on any atom is 0.266 e. The van der Waals surface area contributed by atoms with Gasteiger partial charge in [-0.3, -0.25) is 14.7 Å². The molecule has 4 rings (SSSR count). The highest BCUT2D eigenvalue weighted by Gasteiger charge is 2.20. The van der Waals surface area contributed by atoms with Gasteiger partial charge >= 0.3 is 0 Å². The van der Waals surface area contributed by atoms with E-state index in [1.165, 1.54) is 5.56 Å². The third kappa shape index (κ3) is 4.43. The Morgan fingerprint density at radius 1 is 0.963 bits per heavy atom. The first kappa shape index (κ1) is 17.5. The first-order valence-corrected chi connectivity index (χ1v) is 9.24. The van der Waals surface area contributed by atoms with E-state index in [1.807, 2.05) is 24.4 Å². The van der Waals surface area contributed by atoms with Crippen molar-refractivity contribution >= 4 is 0 Å². The number of likely N-dealkylation sites (tertiary alicyclic amines) is 1. The fourth-order valence-corrected chi connectivity index (χ4v) is 3.50. The van der Waals surface area contributed by atoms with Crippen molar-refractivity contribution in [2.45, 2.75) is 25.9 Å². The van der Waals surface area contributed by atoms with Crippen LogP contribution in [0, 0.1) is 5.92 Å². The maximum absolute atomic E-state index is 12.2.